The number of fused-ring (bicyclic) bond motifs is 1. The molecule has 3 aromatic rings. The molecule has 2 aromatic heterocycles. The van der Waals surface area contributed by atoms with Crippen LogP contribution in [0.5, 0.6) is 0 Å². The number of para-hydroxylation sites is 1. The molecule has 0 aliphatic carbocycles. The van der Waals surface area contributed by atoms with Crippen molar-refractivity contribution in [3.8, 4) is 0 Å². The van der Waals surface area contributed by atoms with Gasteiger partial charge in [-0.2, -0.15) is 5.10 Å². The van der Waals surface area contributed by atoms with Crippen molar-refractivity contribution in [2.24, 2.45) is 0 Å². The number of ether oxygens (including phenoxy) is 1. The van der Waals surface area contributed by atoms with E-state index >= 15 is 0 Å². The van der Waals surface area contributed by atoms with E-state index < -0.39 is 10.9 Å². The summed E-state index contributed by atoms with van der Waals surface area (Å²) in [6.45, 7) is 2.79. The van der Waals surface area contributed by atoms with Crippen molar-refractivity contribution in [1.29, 1.82) is 0 Å². The van der Waals surface area contributed by atoms with E-state index in [1.165, 1.54) is 18.5 Å². The fourth-order valence-corrected chi connectivity index (χ4v) is 2.87. The minimum Gasteiger partial charge on any atom is -0.459 e. The summed E-state index contributed by atoms with van der Waals surface area (Å²) in [4.78, 5) is 26.9. The van der Waals surface area contributed by atoms with Gasteiger partial charge in [-0.3, -0.25) is 19.6 Å². The lowest BCUT2D eigenvalue weighted by atomic mass is 10.2. The van der Waals surface area contributed by atoms with E-state index in [2.05, 4.69) is 10.1 Å². The summed E-state index contributed by atoms with van der Waals surface area (Å²) in [5.41, 5.74) is 1.79. The Bertz CT molecular complexity index is 1020. The minimum atomic E-state index is -0.574. The van der Waals surface area contributed by atoms with Crippen LogP contribution in [0.15, 0.2) is 30.3 Å². The van der Waals surface area contributed by atoms with Crippen LogP contribution >= 0.6 is 11.6 Å². The molecule has 2 heterocycles. The van der Waals surface area contributed by atoms with Crippen molar-refractivity contribution in [2.45, 2.75) is 27.0 Å². The quantitative estimate of drug-likeness (QED) is 0.294. The molecule has 0 amide bonds. The normalized spacial score (nSPS) is 10.9. The average Bonchev–Trinajstić information content (AvgIpc) is 2.86. The highest BCUT2D eigenvalue weighted by Crippen LogP contribution is 2.23. The van der Waals surface area contributed by atoms with Gasteiger partial charge in [0.15, 0.2) is 0 Å². The predicted octanol–water partition coefficient (Wildman–Crippen LogP) is 3.35. The van der Waals surface area contributed by atoms with Crippen LogP contribution in [0.2, 0.25) is 5.15 Å². The first kappa shape index (κ1) is 17.8. The Morgan fingerprint density at radius 3 is 2.77 bits per heavy atom. The number of carbonyl (C=O) groups is 1. The molecule has 26 heavy (non-hydrogen) atoms. The Labute approximate surface area is 153 Å². The van der Waals surface area contributed by atoms with Crippen molar-refractivity contribution < 1.29 is 14.5 Å². The van der Waals surface area contributed by atoms with Crippen LogP contribution in [0.4, 0.5) is 5.69 Å². The third kappa shape index (κ3) is 3.50. The van der Waals surface area contributed by atoms with Gasteiger partial charge in [-0.25, -0.2) is 4.98 Å². The van der Waals surface area contributed by atoms with Gasteiger partial charge >= 0.3 is 11.7 Å². The fourth-order valence-electron chi connectivity index (χ4n) is 2.67. The van der Waals surface area contributed by atoms with Crippen LogP contribution in [0.25, 0.3) is 10.9 Å². The lowest BCUT2D eigenvalue weighted by molar-refractivity contribution is -0.386. The number of hydrogen-bond donors (Lipinski definition) is 0. The van der Waals surface area contributed by atoms with E-state index in [9.17, 15) is 14.9 Å². The van der Waals surface area contributed by atoms with Gasteiger partial charge in [0.25, 0.3) is 0 Å². The van der Waals surface area contributed by atoms with Gasteiger partial charge in [-0.1, -0.05) is 29.8 Å². The maximum atomic E-state index is 12.1. The molecule has 0 fully saturated rings. The monoisotopic (exact) mass is 374 g/mol. The van der Waals surface area contributed by atoms with Crippen molar-refractivity contribution in [1.82, 2.24) is 14.8 Å². The second-order valence-electron chi connectivity index (χ2n) is 5.73. The van der Waals surface area contributed by atoms with E-state index in [0.29, 0.717) is 11.3 Å². The standard InChI is InChI=1S/C17H15ClN4O4/c1-10-16(22(24)25)11(2)21(20-10)8-15(23)26-9-13-7-12-5-3-4-6-14(12)19-17(13)18/h3-7H,8-9H2,1-2H3. The number of esters is 1. The molecule has 0 atom stereocenters. The lowest BCUT2D eigenvalue weighted by Crippen LogP contribution is -2.16. The van der Waals surface area contributed by atoms with E-state index in [4.69, 9.17) is 16.3 Å². The van der Waals surface area contributed by atoms with Crippen molar-refractivity contribution in [3.63, 3.8) is 0 Å². The summed E-state index contributed by atoms with van der Waals surface area (Å²) in [6, 6.07) is 9.28. The van der Waals surface area contributed by atoms with Gasteiger partial charge < -0.3 is 4.74 Å². The third-order valence-corrected chi connectivity index (χ3v) is 4.27. The van der Waals surface area contributed by atoms with E-state index in [1.54, 1.807) is 0 Å². The third-order valence-electron chi connectivity index (χ3n) is 3.94. The summed E-state index contributed by atoms with van der Waals surface area (Å²) in [5, 5.41) is 16.2. The van der Waals surface area contributed by atoms with Crippen molar-refractivity contribution >= 4 is 34.2 Å². The Kier molecular flexibility index (Phi) is 4.85. The minimum absolute atomic E-state index is 0.0447. The molecule has 0 bridgehead atoms. The van der Waals surface area contributed by atoms with E-state index in [1.807, 2.05) is 30.3 Å². The van der Waals surface area contributed by atoms with Gasteiger partial charge in [0.05, 0.1) is 10.4 Å². The number of nitrogens with zero attached hydrogens (tertiary/aromatic N) is 4. The molecule has 1 aromatic carbocycles. The number of benzene rings is 1. The Morgan fingerprint density at radius 1 is 1.35 bits per heavy atom. The first-order valence-corrected chi connectivity index (χ1v) is 8.13. The zero-order valence-corrected chi connectivity index (χ0v) is 14.9. The topological polar surface area (TPSA) is 100 Å². The first-order valence-electron chi connectivity index (χ1n) is 7.75. The number of pyridine rings is 1. The fraction of sp³-hybridized carbons (Fsp3) is 0.235. The van der Waals surface area contributed by atoms with Crippen molar-refractivity contribution in [2.75, 3.05) is 0 Å². The molecular weight excluding hydrogens is 360 g/mol. The molecule has 134 valence electrons. The number of nitro groups is 1. The van der Waals surface area contributed by atoms with Crippen LogP contribution in [-0.2, 0) is 22.7 Å². The van der Waals surface area contributed by atoms with Crippen LogP contribution in [0.1, 0.15) is 17.0 Å². The van der Waals surface area contributed by atoms with Gasteiger partial charge in [0.2, 0.25) is 0 Å². The Hall–Kier alpha value is -3.00. The summed E-state index contributed by atoms with van der Waals surface area (Å²) in [7, 11) is 0. The molecule has 3 rings (SSSR count). The SMILES string of the molecule is Cc1nn(CC(=O)OCc2cc3ccccc3nc2Cl)c(C)c1[N+](=O)[O-]. The van der Waals surface area contributed by atoms with E-state index in [-0.39, 0.29) is 29.7 Å². The van der Waals surface area contributed by atoms with Crippen LogP contribution in [0.3, 0.4) is 0 Å². The predicted molar refractivity (Wildman–Crippen MR) is 94.9 cm³/mol. The van der Waals surface area contributed by atoms with Gasteiger partial charge in [-0.05, 0) is 26.0 Å². The molecule has 0 saturated carbocycles. The first-order chi connectivity index (χ1) is 12.4. The smallest absolute Gasteiger partial charge is 0.328 e. The molecule has 0 unspecified atom stereocenters. The molecule has 8 nitrogen and oxygen atoms in total. The average molecular weight is 375 g/mol. The molecule has 0 aliphatic heterocycles. The summed E-state index contributed by atoms with van der Waals surface area (Å²) < 4.78 is 6.49. The Morgan fingerprint density at radius 2 is 2.08 bits per heavy atom. The van der Waals surface area contributed by atoms with Crippen LogP contribution in [0, 0.1) is 24.0 Å². The van der Waals surface area contributed by atoms with Crippen LogP contribution < -0.4 is 0 Å². The lowest BCUT2D eigenvalue weighted by Gasteiger charge is -2.08. The number of halogens is 1. The zero-order valence-electron chi connectivity index (χ0n) is 14.1. The molecule has 0 N–H and O–H groups in total. The summed E-state index contributed by atoms with van der Waals surface area (Å²) in [6.07, 6.45) is 0. The second-order valence-corrected chi connectivity index (χ2v) is 6.08. The molecule has 9 heteroatoms. The Balaban J connectivity index is 1.71. The van der Waals surface area contributed by atoms with Gasteiger partial charge in [0.1, 0.15) is 29.7 Å². The van der Waals surface area contributed by atoms with Gasteiger partial charge in [0, 0.05) is 10.9 Å². The number of carbonyl (C=O) groups excluding carboxylic acids is 1. The molecule has 0 radical (unpaired) electrons. The number of rotatable bonds is 5. The molecular formula is C17H15ClN4O4. The maximum Gasteiger partial charge on any atom is 0.328 e. The highest BCUT2D eigenvalue weighted by atomic mass is 35.5. The number of aromatic nitrogens is 3. The zero-order chi connectivity index (χ0) is 18.8. The highest BCUT2D eigenvalue weighted by molar-refractivity contribution is 6.30. The molecule has 0 aliphatic rings. The van der Waals surface area contributed by atoms with Crippen LogP contribution in [-0.4, -0.2) is 25.7 Å². The number of hydrogen-bond acceptors (Lipinski definition) is 6. The summed E-state index contributed by atoms with van der Waals surface area (Å²) in [5.74, 6) is -0.574. The maximum absolute atomic E-state index is 12.1. The van der Waals surface area contributed by atoms with Crippen molar-refractivity contribution in [3.05, 3.63) is 62.6 Å². The summed E-state index contributed by atoms with van der Waals surface area (Å²) >= 11 is 6.14. The number of aryl methyl sites for hydroxylation is 1. The second kappa shape index (κ2) is 7.09. The van der Waals surface area contributed by atoms with Gasteiger partial charge in [-0.15, -0.1) is 0 Å². The largest absolute Gasteiger partial charge is 0.459 e. The molecule has 0 spiro atoms. The highest BCUT2D eigenvalue weighted by Gasteiger charge is 2.23. The molecule has 0 saturated heterocycles. The van der Waals surface area contributed by atoms with E-state index in [0.717, 1.165) is 10.9 Å².